The summed E-state index contributed by atoms with van der Waals surface area (Å²) in [6, 6.07) is 14.3. The number of nitrogens with zero attached hydrogens (tertiary/aromatic N) is 2. The largest absolute Gasteiger partial charge is 0.431 e. The van der Waals surface area contributed by atoms with Crippen LogP contribution in [0.25, 0.3) is 0 Å². The number of fused-ring (bicyclic) bond motifs is 1. The maximum Gasteiger partial charge on any atom is 0.431 e. The van der Waals surface area contributed by atoms with E-state index in [0.29, 0.717) is 11.4 Å². The van der Waals surface area contributed by atoms with Crippen molar-refractivity contribution >= 4 is 22.8 Å². The summed E-state index contributed by atoms with van der Waals surface area (Å²) in [5, 5.41) is 0. The molecule has 3 rings (SSSR count). The van der Waals surface area contributed by atoms with Crippen LogP contribution in [0.1, 0.15) is 5.56 Å². The highest BCUT2D eigenvalue weighted by atomic mass is 19.4. The molecule has 0 N–H and O–H groups in total. The normalized spacial score (nSPS) is 14.7. The van der Waals surface area contributed by atoms with Crippen molar-refractivity contribution in [2.45, 2.75) is 13.1 Å². The van der Waals surface area contributed by atoms with Crippen LogP contribution >= 0.6 is 0 Å². The Labute approximate surface area is 120 Å². The van der Waals surface area contributed by atoms with Crippen molar-refractivity contribution in [3.63, 3.8) is 0 Å². The van der Waals surface area contributed by atoms with Gasteiger partial charge >= 0.3 is 6.18 Å². The molecule has 2 aromatic rings. The molecule has 0 aliphatic carbocycles. The van der Waals surface area contributed by atoms with Crippen LogP contribution in [-0.4, -0.2) is 18.4 Å². The van der Waals surface area contributed by atoms with Crippen LogP contribution in [0.2, 0.25) is 0 Å². The summed E-state index contributed by atoms with van der Waals surface area (Å²) in [6.45, 7) is 1.67. The minimum atomic E-state index is -4.42. The van der Waals surface area contributed by atoms with E-state index in [0.717, 1.165) is 11.3 Å². The summed E-state index contributed by atoms with van der Waals surface area (Å²) in [7, 11) is 0. The van der Waals surface area contributed by atoms with E-state index in [1.165, 1.54) is 0 Å². The quantitative estimate of drug-likeness (QED) is 0.738. The first-order valence-electron chi connectivity index (χ1n) is 6.53. The highest BCUT2D eigenvalue weighted by Crippen LogP contribution is 2.39. The SMILES string of the molecule is Cc1ccc(N2CC(C(F)(F)F)=Nc3ccccc32)cc1. The summed E-state index contributed by atoms with van der Waals surface area (Å²) in [5.74, 6) is 0. The number of hydrogen-bond donors (Lipinski definition) is 0. The first kappa shape index (κ1) is 13.7. The van der Waals surface area contributed by atoms with Gasteiger partial charge in [-0.25, -0.2) is 4.99 Å². The van der Waals surface area contributed by atoms with Crippen LogP contribution in [0.15, 0.2) is 53.5 Å². The van der Waals surface area contributed by atoms with E-state index in [-0.39, 0.29) is 6.54 Å². The third-order valence-electron chi connectivity index (χ3n) is 3.41. The van der Waals surface area contributed by atoms with E-state index >= 15 is 0 Å². The average molecular weight is 290 g/mol. The average Bonchev–Trinajstić information content (AvgIpc) is 2.46. The Balaban J connectivity index is 2.10. The molecule has 0 amide bonds. The molecule has 1 heterocycles. The van der Waals surface area contributed by atoms with Gasteiger partial charge in [0, 0.05) is 5.69 Å². The number of benzene rings is 2. The maximum atomic E-state index is 13.0. The molecule has 0 unspecified atom stereocenters. The van der Waals surface area contributed by atoms with Gasteiger partial charge < -0.3 is 4.90 Å². The summed E-state index contributed by atoms with van der Waals surface area (Å²) in [6.07, 6.45) is -4.42. The van der Waals surface area contributed by atoms with Gasteiger partial charge in [-0.3, -0.25) is 0 Å². The Bertz CT molecular complexity index is 687. The Morgan fingerprint density at radius 3 is 2.33 bits per heavy atom. The van der Waals surface area contributed by atoms with Crippen molar-refractivity contribution in [2.75, 3.05) is 11.4 Å². The van der Waals surface area contributed by atoms with Gasteiger partial charge in [-0.05, 0) is 31.2 Å². The van der Waals surface area contributed by atoms with Crippen LogP contribution in [0.4, 0.5) is 30.2 Å². The first-order valence-corrected chi connectivity index (χ1v) is 6.53. The van der Waals surface area contributed by atoms with Crippen molar-refractivity contribution in [3.05, 3.63) is 54.1 Å². The zero-order chi connectivity index (χ0) is 15.0. The Kier molecular flexibility index (Phi) is 3.20. The van der Waals surface area contributed by atoms with Crippen LogP contribution in [0.3, 0.4) is 0 Å². The molecule has 1 aliphatic heterocycles. The summed E-state index contributed by atoms with van der Waals surface area (Å²) in [5.41, 5.74) is 2.05. The standard InChI is InChI=1S/C16H13F3N2/c1-11-6-8-12(9-7-11)21-10-15(16(17,18)19)20-13-4-2-3-5-14(13)21/h2-9H,10H2,1H3. The molecular weight excluding hydrogens is 277 g/mol. The third-order valence-corrected chi connectivity index (χ3v) is 3.41. The van der Waals surface area contributed by atoms with Crippen LogP contribution in [-0.2, 0) is 0 Å². The van der Waals surface area contributed by atoms with Gasteiger partial charge in [0.05, 0.1) is 17.9 Å². The van der Waals surface area contributed by atoms with Gasteiger partial charge in [0.2, 0.25) is 0 Å². The van der Waals surface area contributed by atoms with Crippen LogP contribution in [0.5, 0.6) is 0 Å². The smallest absolute Gasteiger partial charge is 0.334 e. The van der Waals surface area contributed by atoms with Gasteiger partial charge in [0.25, 0.3) is 0 Å². The fraction of sp³-hybridized carbons (Fsp3) is 0.188. The van der Waals surface area contributed by atoms with Crippen molar-refractivity contribution < 1.29 is 13.2 Å². The first-order chi connectivity index (χ1) is 9.95. The molecule has 0 saturated heterocycles. The second-order valence-electron chi connectivity index (χ2n) is 4.97. The van der Waals surface area contributed by atoms with Crippen molar-refractivity contribution in [1.29, 1.82) is 0 Å². The topological polar surface area (TPSA) is 15.6 Å². The van der Waals surface area contributed by atoms with Crippen LogP contribution in [0, 0.1) is 6.92 Å². The number of para-hydroxylation sites is 2. The maximum absolute atomic E-state index is 13.0. The van der Waals surface area contributed by atoms with E-state index < -0.39 is 11.9 Å². The van der Waals surface area contributed by atoms with Gasteiger partial charge in [0.15, 0.2) is 0 Å². The predicted molar refractivity (Wildman–Crippen MR) is 77.8 cm³/mol. The van der Waals surface area contributed by atoms with Gasteiger partial charge in [-0.2, -0.15) is 13.2 Å². The summed E-state index contributed by atoms with van der Waals surface area (Å²) in [4.78, 5) is 5.40. The number of anilines is 2. The molecule has 0 bridgehead atoms. The minimum absolute atomic E-state index is 0.274. The third kappa shape index (κ3) is 2.63. The Morgan fingerprint density at radius 2 is 1.67 bits per heavy atom. The summed E-state index contributed by atoms with van der Waals surface area (Å²) < 4.78 is 39.1. The van der Waals surface area contributed by atoms with Crippen molar-refractivity contribution in [1.82, 2.24) is 0 Å². The number of halogens is 3. The van der Waals surface area contributed by atoms with Crippen molar-refractivity contribution in [2.24, 2.45) is 4.99 Å². The van der Waals surface area contributed by atoms with E-state index in [1.807, 2.05) is 31.2 Å². The molecule has 1 aliphatic rings. The number of aliphatic imine (C=N–C) groups is 1. The molecule has 0 saturated carbocycles. The molecule has 2 nitrogen and oxygen atoms in total. The number of alkyl halides is 3. The molecule has 0 fully saturated rings. The highest BCUT2D eigenvalue weighted by molar-refractivity contribution is 6.01. The molecule has 0 spiro atoms. The van der Waals surface area contributed by atoms with E-state index in [4.69, 9.17) is 0 Å². The molecule has 108 valence electrons. The van der Waals surface area contributed by atoms with Crippen molar-refractivity contribution in [3.8, 4) is 0 Å². The lowest BCUT2D eigenvalue weighted by atomic mass is 10.1. The Hall–Kier alpha value is -2.30. The van der Waals surface area contributed by atoms with E-state index in [1.54, 1.807) is 29.2 Å². The second-order valence-corrected chi connectivity index (χ2v) is 4.97. The number of aryl methyl sites for hydroxylation is 1. The molecule has 5 heteroatoms. The predicted octanol–water partition coefficient (Wildman–Crippen LogP) is 4.78. The van der Waals surface area contributed by atoms with Gasteiger partial charge in [-0.1, -0.05) is 29.8 Å². The lowest BCUT2D eigenvalue weighted by Gasteiger charge is -2.31. The Morgan fingerprint density at radius 1 is 1.00 bits per heavy atom. The van der Waals surface area contributed by atoms with Crippen LogP contribution < -0.4 is 4.90 Å². The van der Waals surface area contributed by atoms with Gasteiger partial charge in [0.1, 0.15) is 5.71 Å². The zero-order valence-electron chi connectivity index (χ0n) is 11.4. The zero-order valence-corrected chi connectivity index (χ0v) is 11.4. The monoisotopic (exact) mass is 290 g/mol. The summed E-state index contributed by atoms with van der Waals surface area (Å²) >= 11 is 0. The fourth-order valence-electron chi connectivity index (χ4n) is 2.31. The fourth-order valence-corrected chi connectivity index (χ4v) is 2.31. The molecule has 0 aromatic heterocycles. The minimum Gasteiger partial charge on any atom is -0.334 e. The molecular formula is C16H13F3N2. The molecule has 0 radical (unpaired) electrons. The highest BCUT2D eigenvalue weighted by Gasteiger charge is 2.39. The lowest BCUT2D eigenvalue weighted by Crippen LogP contribution is -2.37. The van der Waals surface area contributed by atoms with E-state index in [9.17, 15) is 13.2 Å². The molecule has 0 atom stereocenters. The second kappa shape index (κ2) is 4.91. The molecule has 21 heavy (non-hydrogen) atoms. The lowest BCUT2D eigenvalue weighted by molar-refractivity contribution is -0.0596. The van der Waals surface area contributed by atoms with Gasteiger partial charge in [-0.15, -0.1) is 0 Å². The molecule has 2 aromatic carbocycles. The number of hydrogen-bond acceptors (Lipinski definition) is 2. The van der Waals surface area contributed by atoms with E-state index in [2.05, 4.69) is 4.99 Å². The number of rotatable bonds is 1.